The van der Waals surface area contributed by atoms with E-state index >= 15 is 0 Å². The maximum atomic E-state index is 5.65. The van der Waals surface area contributed by atoms with Gasteiger partial charge < -0.3 is 10.2 Å². The molecule has 0 amide bonds. The zero-order valence-electron chi connectivity index (χ0n) is 8.21. The van der Waals surface area contributed by atoms with Gasteiger partial charge in [0.1, 0.15) is 16.3 Å². The zero-order valence-corrected chi connectivity index (χ0v) is 10.6. The Morgan fingerprint density at radius 3 is 2.80 bits per heavy atom. The third-order valence-electron chi connectivity index (χ3n) is 2.25. The van der Waals surface area contributed by atoms with Crippen LogP contribution in [0, 0.1) is 0 Å². The van der Waals surface area contributed by atoms with E-state index in [2.05, 4.69) is 22.9 Å². The van der Waals surface area contributed by atoms with Crippen LogP contribution in [0.4, 0.5) is 0 Å². The lowest BCUT2D eigenvalue weighted by molar-refractivity contribution is 0.555. The van der Waals surface area contributed by atoms with Crippen LogP contribution in [-0.2, 0) is 6.42 Å². The third-order valence-corrected chi connectivity index (χ3v) is 3.08. The number of hydrogen-bond donors (Lipinski definition) is 1. The Kier molecular flexibility index (Phi) is 2.80. The minimum atomic E-state index is 0.400. The average molecular weight is 284 g/mol. The fourth-order valence-electron chi connectivity index (χ4n) is 1.48. The molecular formula is C11H10BrNOS. The topological polar surface area (TPSA) is 39.2 Å². The first kappa shape index (κ1) is 10.6. The van der Waals surface area contributed by atoms with Gasteiger partial charge in [-0.05, 0) is 34.1 Å². The molecule has 0 unspecified atom stereocenters. The van der Waals surface area contributed by atoms with Crippen molar-refractivity contribution in [1.29, 1.82) is 0 Å². The summed E-state index contributed by atoms with van der Waals surface area (Å²) >= 11 is 8.40. The highest BCUT2D eigenvalue weighted by Crippen LogP contribution is 2.29. The SMILES string of the molecule is CCc1cc2cc(C(N)=S)cc(Br)c2o1. The summed E-state index contributed by atoms with van der Waals surface area (Å²) in [5, 5.41) is 1.03. The van der Waals surface area contributed by atoms with Gasteiger partial charge in [-0.3, -0.25) is 0 Å². The monoisotopic (exact) mass is 283 g/mol. The molecule has 0 aliphatic rings. The van der Waals surface area contributed by atoms with Gasteiger partial charge in [0, 0.05) is 17.4 Å². The molecule has 2 nitrogen and oxygen atoms in total. The lowest BCUT2D eigenvalue weighted by Crippen LogP contribution is -2.08. The van der Waals surface area contributed by atoms with Gasteiger partial charge in [-0.15, -0.1) is 0 Å². The Hall–Kier alpha value is -0.870. The van der Waals surface area contributed by atoms with Gasteiger partial charge in [0.25, 0.3) is 0 Å². The molecule has 4 heteroatoms. The lowest BCUT2D eigenvalue weighted by atomic mass is 10.1. The van der Waals surface area contributed by atoms with Gasteiger partial charge in [-0.25, -0.2) is 0 Å². The van der Waals surface area contributed by atoms with Crippen LogP contribution in [0.15, 0.2) is 27.1 Å². The molecule has 2 rings (SSSR count). The lowest BCUT2D eigenvalue weighted by Gasteiger charge is -1.99. The number of benzene rings is 1. The molecule has 78 valence electrons. The van der Waals surface area contributed by atoms with Crippen molar-refractivity contribution in [3.05, 3.63) is 34.0 Å². The standard InChI is InChI=1S/C11H10BrNOS/c1-2-8-4-6-3-7(11(13)15)5-9(12)10(6)14-8/h3-5H,2H2,1H3,(H2,13,15). The van der Waals surface area contributed by atoms with Crippen molar-refractivity contribution >= 4 is 44.1 Å². The van der Waals surface area contributed by atoms with Crippen molar-refractivity contribution < 1.29 is 4.42 Å². The first-order valence-electron chi connectivity index (χ1n) is 4.63. The molecule has 15 heavy (non-hydrogen) atoms. The molecule has 0 aliphatic carbocycles. The summed E-state index contributed by atoms with van der Waals surface area (Å²) in [4.78, 5) is 0.400. The van der Waals surface area contributed by atoms with Crippen molar-refractivity contribution in [2.45, 2.75) is 13.3 Å². The summed E-state index contributed by atoms with van der Waals surface area (Å²) in [6.07, 6.45) is 0.878. The number of thiocarbonyl (C=S) groups is 1. The quantitative estimate of drug-likeness (QED) is 0.859. The van der Waals surface area contributed by atoms with E-state index in [1.54, 1.807) is 0 Å². The largest absolute Gasteiger partial charge is 0.460 e. The van der Waals surface area contributed by atoms with Crippen LogP contribution in [0.2, 0.25) is 0 Å². The second-order valence-corrected chi connectivity index (χ2v) is 4.60. The van der Waals surface area contributed by atoms with E-state index in [9.17, 15) is 0 Å². The van der Waals surface area contributed by atoms with Crippen molar-refractivity contribution in [3.8, 4) is 0 Å². The second kappa shape index (κ2) is 3.94. The van der Waals surface area contributed by atoms with Crippen molar-refractivity contribution in [1.82, 2.24) is 0 Å². The van der Waals surface area contributed by atoms with Crippen LogP contribution < -0.4 is 5.73 Å². The van der Waals surface area contributed by atoms with Gasteiger partial charge in [-0.1, -0.05) is 19.1 Å². The molecule has 1 aromatic carbocycles. The normalized spacial score (nSPS) is 10.8. The van der Waals surface area contributed by atoms with E-state index < -0.39 is 0 Å². The van der Waals surface area contributed by atoms with Crippen molar-refractivity contribution in [2.75, 3.05) is 0 Å². The smallest absolute Gasteiger partial charge is 0.148 e. The number of furan rings is 1. The van der Waals surface area contributed by atoms with E-state index in [0.717, 1.165) is 33.2 Å². The highest BCUT2D eigenvalue weighted by Gasteiger charge is 2.09. The Labute approximate surface area is 102 Å². The number of halogens is 1. The predicted molar refractivity (Wildman–Crippen MR) is 69.2 cm³/mol. The molecule has 0 saturated heterocycles. The third kappa shape index (κ3) is 1.92. The van der Waals surface area contributed by atoms with Crippen LogP contribution in [-0.4, -0.2) is 4.99 Å². The number of nitrogens with two attached hydrogens (primary N) is 1. The first-order chi connectivity index (χ1) is 7.11. The highest BCUT2D eigenvalue weighted by molar-refractivity contribution is 9.10. The van der Waals surface area contributed by atoms with Crippen LogP contribution in [0.25, 0.3) is 11.0 Å². The molecule has 0 fully saturated rings. The summed E-state index contributed by atoms with van der Waals surface area (Å²) in [6.45, 7) is 2.06. The fourth-order valence-corrected chi connectivity index (χ4v) is 2.15. The van der Waals surface area contributed by atoms with E-state index in [1.807, 2.05) is 18.2 Å². The summed E-state index contributed by atoms with van der Waals surface area (Å²) in [5.74, 6) is 0.964. The maximum Gasteiger partial charge on any atom is 0.148 e. The molecule has 0 spiro atoms. The average Bonchev–Trinajstić information content (AvgIpc) is 2.61. The van der Waals surface area contributed by atoms with Gasteiger partial charge in [-0.2, -0.15) is 0 Å². The summed E-state index contributed by atoms with van der Waals surface area (Å²) in [5.41, 5.74) is 7.30. The second-order valence-electron chi connectivity index (χ2n) is 3.31. The number of fused-ring (bicyclic) bond motifs is 1. The number of hydrogen-bond acceptors (Lipinski definition) is 2. The van der Waals surface area contributed by atoms with Crippen molar-refractivity contribution in [2.24, 2.45) is 5.73 Å². The minimum Gasteiger partial charge on any atom is -0.460 e. The van der Waals surface area contributed by atoms with Gasteiger partial charge in [0.15, 0.2) is 0 Å². The predicted octanol–water partition coefficient (Wildman–Crippen LogP) is 3.39. The van der Waals surface area contributed by atoms with Crippen LogP contribution >= 0.6 is 28.1 Å². The zero-order chi connectivity index (χ0) is 11.0. The molecule has 0 saturated carbocycles. The molecule has 1 aromatic heterocycles. The first-order valence-corrected chi connectivity index (χ1v) is 5.83. The Morgan fingerprint density at radius 2 is 2.20 bits per heavy atom. The number of aryl methyl sites for hydroxylation is 1. The van der Waals surface area contributed by atoms with E-state index in [0.29, 0.717) is 4.99 Å². The van der Waals surface area contributed by atoms with Gasteiger partial charge in [0.2, 0.25) is 0 Å². The summed E-state index contributed by atoms with van der Waals surface area (Å²) < 4.78 is 6.54. The van der Waals surface area contributed by atoms with Crippen molar-refractivity contribution in [3.63, 3.8) is 0 Å². The summed E-state index contributed by atoms with van der Waals surface area (Å²) in [7, 11) is 0. The molecule has 2 aromatic rings. The van der Waals surface area contributed by atoms with Gasteiger partial charge in [0.05, 0.1) is 4.47 Å². The molecule has 2 N–H and O–H groups in total. The Bertz CT molecular complexity index is 533. The fraction of sp³-hybridized carbons (Fsp3) is 0.182. The van der Waals surface area contributed by atoms with Gasteiger partial charge >= 0.3 is 0 Å². The maximum absolute atomic E-state index is 5.65. The molecule has 0 atom stereocenters. The van der Waals surface area contributed by atoms with Crippen LogP contribution in [0.1, 0.15) is 18.2 Å². The molecule has 0 aliphatic heterocycles. The number of rotatable bonds is 2. The molecule has 1 heterocycles. The minimum absolute atomic E-state index is 0.400. The van der Waals surface area contributed by atoms with Crippen LogP contribution in [0.3, 0.4) is 0 Å². The van der Waals surface area contributed by atoms with E-state index in [4.69, 9.17) is 22.4 Å². The Morgan fingerprint density at radius 1 is 1.47 bits per heavy atom. The molecule has 0 radical (unpaired) electrons. The highest BCUT2D eigenvalue weighted by atomic mass is 79.9. The Balaban J connectivity index is 2.70. The van der Waals surface area contributed by atoms with E-state index in [-0.39, 0.29) is 0 Å². The summed E-state index contributed by atoms with van der Waals surface area (Å²) in [6, 6.07) is 5.85. The molecule has 0 bridgehead atoms. The van der Waals surface area contributed by atoms with Crippen LogP contribution in [0.5, 0.6) is 0 Å². The molecular weight excluding hydrogens is 274 g/mol. The van der Waals surface area contributed by atoms with E-state index in [1.165, 1.54) is 0 Å².